The van der Waals surface area contributed by atoms with Crippen molar-refractivity contribution < 1.29 is 27.1 Å². The Morgan fingerprint density at radius 2 is 1.85 bits per heavy atom. The number of carbonyl (C=O) groups excluding carboxylic acids is 1. The molecule has 3 rings (SSSR count). The number of phenols is 1. The first kappa shape index (κ1) is 17.7. The van der Waals surface area contributed by atoms with Crippen LogP contribution in [0.25, 0.3) is 22.3 Å². The minimum atomic E-state index is -3.62. The number of halogens is 1. The van der Waals surface area contributed by atoms with Gasteiger partial charge in [0.2, 0.25) is 10.0 Å². The molecule has 7 nitrogen and oxygen atoms in total. The Balaban J connectivity index is 2.27. The van der Waals surface area contributed by atoms with Crippen LogP contribution in [0.1, 0.15) is 10.4 Å². The topological polar surface area (TPSA) is 109 Å². The molecule has 0 aliphatic carbocycles. The number of phenolic OH excluding ortho intramolecular Hbond substituents is 1. The second-order valence-electron chi connectivity index (χ2n) is 5.63. The molecule has 1 aromatic heterocycles. The summed E-state index contributed by atoms with van der Waals surface area (Å²) in [4.78, 5) is 12.3. The second kappa shape index (κ2) is 6.34. The normalized spacial score (nSPS) is 11.5. The molecule has 0 aliphatic rings. The first-order chi connectivity index (χ1) is 12.2. The zero-order chi connectivity index (χ0) is 19.1. The Morgan fingerprint density at radius 1 is 1.19 bits per heavy atom. The van der Waals surface area contributed by atoms with Gasteiger partial charge < -0.3 is 14.8 Å². The molecule has 0 saturated carbocycles. The smallest absolute Gasteiger partial charge is 0.255 e. The molecule has 2 aromatic carbocycles. The molecule has 9 heteroatoms. The van der Waals surface area contributed by atoms with Crippen LogP contribution >= 0.6 is 0 Å². The number of rotatable bonds is 4. The minimum Gasteiger partial charge on any atom is -0.506 e. The van der Waals surface area contributed by atoms with Crippen LogP contribution in [0.2, 0.25) is 0 Å². The van der Waals surface area contributed by atoms with Crippen LogP contribution < -0.4 is 10.0 Å². The van der Waals surface area contributed by atoms with E-state index in [1.54, 1.807) is 0 Å². The molecule has 0 unspecified atom stereocenters. The van der Waals surface area contributed by atoms with Gasteiger partial charge in [-0.25, -0.2) is 12.8 Å². The summed E-state index contributed by atoms with van der Waals surface area (Å²) in [6, 6.07) is 7.88. The Labute approximate surface area is 148 Å². The van der Waals surface area contributed by atoms with E-state index in [2.05, 4.69) is 10.0 Å². The van der Waals surface area contributed by atoms with E-state index in [4.69, 9.17) is 4.42 Å². The van der Waals surface area contributed by atoms with E-state index in [1.165, 1.54) is 43.4 Å². The molecule has 0 atom stereocenters. The van der Waals surface area contributed by atoms with Gasteiger partial charge in [0.05, 0.1) is 17.5 Å². The van der Waals surface area contributed by atoms with Crippen LogP contribution in [-0.2, 0) is 10.0 Å². The molecule has 3 aromatic rings. The summed E-state index contributed by atoms with van der Waals surface area (Å²) < 4.78 is 43.9. The van der Waals surface area contributed by atoms with Crippen molar-refractivity contribution in [1.82, 2.24) is 5.32 Å². The fourth-order valence-electron chi connectivity index (χ4n) is 2.57. The fourth-order valence-corrected chi connectivity index (χ4v) is 3.13. The van der Waals surface area contributed by atoms with Gasteiger partial charge in [0, 0.05) is 24.1 Å². The molecule has 0 saturated heterocycles. The molecule has 1 amide bonds. The highest BCUT2D eigenvalue weighted by molar-refractivity contribution is 7.92. The Kier molecular flexibility index (Phi) is 4.33. The molecule has 0 aliphatic heterocycles. The zero-order valence-electron chi connectivity index (χ0n) is 13.8. The summed E-state index contributed by atoms with van der Waals surface area (Å²) >= 11 is 0. The van der Waals surface area contributed by atoms with Gasteiger partial charge in [-0.2, -0.15) is 0 Å². The monoisotopic (exact) mass is 378 g/mol. The number of amides is 1. The van der Waals surface area contributed by atoms with Crippen molar-refractivity contribution in [3.05, 3.63) is 47.8 Å². The Bertz CT molecular complexity index is 1100. The largest absolute Gasteiger partial charge is 0.506 e. The molecular weight excluding hydrogens is 363 g/mol. The number of hydrogen-bond acceptors (Lipinski definition) is 5. The van der Waals surface area contributed by atoms with Crippen LogP contribution in [0.4, 0.5) is 10.1 Å². The molecule has 0 fully saturated rings. The molecule has 3 N–H and O–H groups in total. The van der Waals surface area contributed by atoms with Gasteiger partial charge in [-0.15, -0.1) is 0 Å². The maximum atomic E-state index is 13.2. The van der Waals surface area contributed by atoms with Crippen molar-refractivity contribution in [2.24, 2.45) is 0 Å². The SMILES string of the molecule is CNC(=O)c1c(-c2ccc(F)cc2)oc2cc(NS(C)(=O)=O)c(O)cc12. The Morgan fingerprint density at radius 3 is 2.42 bits per heavy atom. The van der Waals surface area contributed by atoms with Crippen LogP contribution in [-0.4, -0.2) is 32.7 Å². The second-order valence-corrected chi connectivity index (χ2v) is 7.38. The molecule has 26 heavy (non-hydrogen) atoms. The van der Waals surface area contributed by atoms with E-state index in [0.29, 0.717) is 10.9 Å². The number of fused-ring (bicyclic) bond motifs is 1. The van der Waals surface area contributed by atoms with Crippen LogP contribution in [0.5, 0.6) is 5.75 Å². The lowest BCUT2D eigenvalue weighted by molar-refractivity contribution is 0.0964. The number of hydrogen-bond donors (Lipinski definition) is 3. The van der Waals surface area contributed by atoms with Crippen molar-refractivity contribution >= 4 is 32.6 Å². The van der Waals surface area contributed by atoms with E-state index >= 15 is 0 Å². The number of carbonyl (C=O) groups is 1. The van der Waals surface area contributed by atoms with Crippen LogP contribution in [0.15, 0.2) is 40.8 Å². The van der Waals surface area contributed by atoms with E-state index in [0.717, 1.165) is 6.26 Å². The summed E-state index contributed by atoms with van der Waals surface area (Å²) in [6.07, 6.45) is 0.943. The molecule has 1 heterocycles. The summed E-state index contributed by atoms with van der Waals surface area (Å²) in [5, 5.41) is 12.9. The van der Waals surface area contributed by atoms with Crippen molar-refractivity contribution in [3.8, 4) is 17.1 Å². The number of furan rings is 1. The maximum absolute atomic E-state index is 13.2. The van der Waals surface area contributed by atoms with Gasteiger partial charge in [-0.3, -0.25) is 9.52 Å². The van der Waals surface area contributed by atoms with Crippen LogP contribution in [0, 0.1) is 5.82 Å². The minimum absolute atomic E-state index is 0.0807. The van der Waals surface area contributed by atoms with Gasteiger partial charge in [0.15, 0.2) is 0 Å². The van der Waals surface area contributed by atoms with Gasteiger partial charge in [0.1, 0.15) is 22.9 Å². The number of aromatic hydroxyl groups is 1. The third-order valence-electron chi connectivity index (χ3n) is 3.66. The molecular formula is C17H15FN2O5S. The molecule has 0 radical (unpaired) electrons. The summed E-state index contributed by atoms with van der Waals surface area (Å²) in [7, 11) is -2.18. The number of anilines is 1. The summed E-state index contributed by atoms with van der Waals surface area (Å²) in [5.41, 5.74) is 0.711. The molecule has 136 valence electrons. The highest BCUT2D eigenvalue weighted by Crippen LogP contribution is 2.38. The molecule has 0 bridgehead atoms. The van der Waals surface area contributed by atoms with Crippen molar-refractivity contribution in [3.63, 3.8) is 0 Å². The highest BCUT2D eigenvalue weighted by Gasteiger charge is 2.23. The lowest BCUT2D eigenvalue weighted by Crippen LogP contribution is -2.18. The quantitative estimate of drug-likeness (QED) is 0.605. The standard InChI is InChI=1S/C17H15FN2O5S/c1-19-17(22)15-11-7-13(21)12(20-26(2,23)24)8-14(11)25-16(15)9-3-5-10(18)6-4-9/h3-8,20-21H,1-2H3,(H,19,22). The van der Waals surface area contributed by atoms with E-state index in [1.807, 2.05) is 0 Å². The van der Waals surface area contributed by atoms with E-state index in [-0.39, 0.29) is 28.3 Å². The van der Waals surface area contributed by atoms with Gasteiger partial charge in [0.25, 0.3) is 5.91 Å². The average molecular weight is 378 g/mol. The number of sulfonamides is 1. The predicted molar refractivity (Wildman–Crippen MR) is 95.1 cm³/mol. The predicted octanol–water partition coefficient (Wildman–Crippen LogP) is 2.68. The lowest BCUT2D eigenvalue weighted by Gasteiger charge is -2.06. The average Bonchev–Trinajstić information content (AvgIpc) is 2.92. The molecule has 0 spiro atoms. The third-order valence-corrected chi connectivity index (χ3v) is 4.25. The first-order valence-electron chi connectivity index (χ1n) is 7.45. The van der Waals surface area contributed by atoms with Gasteiger partial charge in [-0.05, 0) is 30.3 Å². The van der Waals surface area contributed by atoms with Crippen molar-refractivity contribution in [1.29, 1.82) is 0 Å². The number of nitrogens with one attached hydrogen (secondary N) is 2. The highest BCUT2D eigenvalue weighted by atomic mass is 32.2. The van der Waals surface area contributed by atoms with Gasteiger partial charge >= 0.3 is 0 Å². The fraction of sp³-hybridized carbons (Fsp3) is 0.118. The van der Waals surface area contributed by atoms with Crippen molar-refractivity contribution in [2.75, 3.05) is 18.0 Å². The third kappa shape index (κ3) is 3.33. The summed E-state index contributed by atoms with van der Waals surface area (Å²) in [5.74, 6) is -1.09. The van der Waals surface area contributed by atoms with E-state index < -0.39 is 21.7 Å². The maximum Gasteiger partial charge on any atom is 0.255 e. The summed E-state index contributed by atoms with van der Waals surface area (Å²) in [6.45, 7) is 0. The Hall–Kier alpha value is -3.07. The van der Waals surface area contributed by atoms with Crippen molar-refractivity contribution in [2.45, 2.75) is 0 Å². The van der Waals surface area contributed by atoms with Crippen LogP contribution in [0.3, 0.4) is 0 Å². The first-order valence-corrected chi connectivity index (χ1v) is 9.34. The lowest BCUT2D eigenvalue weighted by atomic mass is 10.0. The zero-order valence-corrected chi connectivity index (χ0v) is 14.6. The number of benzene rings is 2. The van der Waals surface area contributed by atoms with Gasteiger partial charge in [-0.1, -0.05) is 0 Å². The van der Waals surface area contributed by atoms with E-state index in [9.17, 15) is 22.7 Å².